The number of nitrogens with one attached hydrogen (secondary N) is 2. The lowest BCUT2D eigenvalue weighted by atomic mass is 10.0. The van der Waals surface area contributed by atoms with Crippen molar-refractivity contribution in [2.75, 3.05) is 46.1 Å². The number of aromatic nitrogens is 2. The van der Waals surface area contributed by atoms with Crippen molar-refractivity contribution in [2.45, 2.75) is 39.2 Å². The first-order chi connectivity index (χ1) is 12.5. The summed E-state index contributed by atoms with van der Waals surface area (Å²) < 4.78 is 12.6. The molecule has 0 bridgehead atoms. The van der Waals surface area contributed by atoms with Gasteiger partial charge in [0.05, 0.1) is 32.6 Å². The molecular formula is C18H36IN5O3. The quantitative estimate of drug-likeness (QED) is 0.166. The molecule has 0 fully saturated rings. The molecule has 1 unspecified atom stereocenters. The predicted octanol–water partition coefficient (Wildman–Crippen LogP) is 1.63. The predicted molar refractivity (Wildman–Crippen MR) is 119 cm³/mol. The molecule has 1 aromatic heterocycles. The van der Waals surface area contributed by atoms with Crippen molar-refractivity contribution >= 4 is 29.9 Å². The van der Waals surface area contributed by atoms with Gasteiger partial charge in [0.1, 0.15) is 5.60 Å². The van der Waals surface area contributed by atoms with Gasteiger partial charge in [-0.1, -0.05) is 13.3 Å². The number of hydrogen-bond acceptors (Lipinski definition) is 5. The molecule has 3 N–H and O–H groups in total. The maximum absolute atomic E-state index is 10.6. The van der Waals surface area contributed by atoms with Crippen LogP contribution in [0.5, 0.6) is 0 Å². The molecule has 1 heterocycles. The van der Waals surface area contributed by atoms with Gasteiger partial charge in [0.2, 0.25) is 0 Å². The normalized spacial score (nSPS) is 13.7. The number of aryl methyl sites for hydroxylation is 1. The van der Waals surface area contributed by atoms with Gasteiger partial charge in [0.15, 0.2) is 5.96 Å². The molecule has 0 aliphatic rings. The zero-order valence-electron chi connectivity index (χ0n) is 17.0. The lowest BCUT2D eigenvalue weighted by Crippen LogP contribution is -2.40. The van der Waals surface area contributed by atoms with Crippen LogP contribution in [0, 0.1) is 0 Å². The third-order valence-electron chi connectivity index (χ3n) is 3.77. The van der Waals surface area contributed by atoms with E-state index in [4.69, 9.17) is 9.47 Å². The van der Waals surface area contributed by atoms with Crippen molar-refractivity contribution in [3.63, 3.8) is 0 Å². The molecule has 0 radical (unpaired) electrons. The van der Waals surface area contributed by atoms with Crippen LogP contribution in [0.2, 0.25) is 0 Å². The molecule has 0 saturated carbocycles. The van der Waals surface area contributed by atoms with Crippen molar-refractivity contribution in [3.05, 3.63) is 18.0 Å². The van der Waals surface area contributed by atoms with Crippen LogP contribution in [-0.4, -0.2) is 66.9 Å². The van der Waals surface area contributed by atoms with Crippen molar-refractivity contribution in [1.29, 1.82) is 0 Å². The highest BCUT2D eigenvalue weighted by Crippen LogP contribution is 2.19. The second-order valence-corrected chi connectivity index (χ2v) is 6.38. The van der Waals surface area contributed by atoms with Gasteiger partial charge in [-0.05, 0) is 20.3 Å². The Bertz CT molecular complexity index is 523. The Morgan fingerprint density at radius 1 is 1.22 bits per heavy atom. The number of halogens is 1. The number of rotatable bonds is 13. The van der Waals surface area contributed by atoms with Gasteiger partial charge < -0.3 is 25.2 Å². The standard InChI is InChI=1S/C18H35N5O3.HI/c1-5-7-9-25-11-12-26-10-8-20-17(19-6-2)21-15-18(3,24)16-13-22-23(4)14-16;/h13-14,24H,5-12,15H2,1-4H3,(H2,19,20,21);1H. The van der Waals surface area contributed by atoms with E-state index in [1.54, 1.807) is 24.0 Å². The molecule has 0 spiro atoms. The summed E-state index contributed by atoms with van der Waals surface area (Å²) in [6.45, 7) is 10.1. The van der Waals surface area contributed by atoms with Crippen LogP contribution in [0.4, 0.5) is 0 Å². The van der Waals surface area contributed by atoms with Gasteiger partial charge >= 0.3 is 0 Å². The first-order valence-electron chi connectivity index (χ1n) is 9.38. The van der Waals surface area contributed by atoms with E-state index < -0.39 is 5.60 Å². The highest BCUT2D eigenvalue weighted by molar-refractivity contribution is 14.0. The minimum Gasteiger partial charge on any atom is -0.383 e. The minimum atomic E-state index is -1.07. The van der Waals surface area contributed by atoms with Crippen LogP contribution in [0.15, 0.2) is 17.4 Å². The number of guanidine groups is 1. The molecule has 0 saturated heterocycles. The van der Waals surface area contributed by atoms with Crippen LogP contribution < -0.4 is 10.6 Å². The van der Waals surface area contributed by atoms with Crippen LogP contribution in [0.3, 0.4) is 0 Å². The molecule has 0 amide bonds. The van der Waals surface area contributed by atoms with E-state index in [0.717, 1.165) is 31.6 Å². The Balaban J connectivity index is 0.00000676. The Labute approximate surface area is 180 Å². The van der Waals surface area contributed by atoms with Gasteiger partial charge in [-0.2, -0.15) is 5.10 Å². The van der Waals surface area contributed by atoms with Gasteiger partial charge in [-0.25, -0.2) is 4.99 Å². The lowest BCUT2D eigenvalue weighted by molar-refractivity contribution is 0.0486. The summed E-state index contributed by atoms with van der Waals surface area (Å²) in [6, 6.07) is 0. The number of nitrogens with zero attached hydrogens (tertiary/aromatic N) is 3. The van der Waals surface area contributed by atoms with Crippen LogP contribution in [0.25, 0.3) is 0 Å². The van der Waals surface area contributed by atoms with E-state index in [9.17, 15) is 5.11 Å². The summed E-state index contributed by atoms with van der Waals surface area (Å²) >= 11 is 0. The van der Waals surface area contributed by atoms with Gasteiger partial charge in [-0.3, -0.25) is 4.68 Å². The fourth-order valence-corrected chi connectivity index (χ4v) is 2.18. The molecule has 0 aliphatic heterocycles. The van der Waals surface area contributed by atoms with Gasteiger partial charge in [0, 0.05) is 38.5 Å². The highest BCUT2D eigenvalue weighted by Gasteiger charge is 2.24. The van der Waals surface area contributed by atoms with Crippen molar-refractivity contribution in [1.82, 2.24) is 20.4 Å². The maximum Gasteiger partial charge on any atom is 0.191 e. The molecule has 1 rings (SSSR count). The van der Waals surface area contributed by atoms with E-state index >= 15 is 0 Å². The molecule has 0 aromatic carbocycles. The smallest absolute Gasteiger partial charge is 0.191 e. The third-order valence-corrected chi connectivity index (χ3v) is 3.77. The Morgan fingerprint density at radius 2 is 1.93 bits per heavy atom. The zero-order valence-corrected chi connectivity index (χ0v) is 19.4. The molecule has 1 atom stereocenters. The molecular weight excluding hydrogens is 461 g/mol. The zero-order chi connectivity index (χ0) is 19.3. The number of ether oxygens (including phenoxy) is 2. The molecule has 27 heavy (non-hydrogen) atoms. The first kappa shape index (κ1) is 26.1. The monoisotopic (exact) mass is 497 g/mol. The summed E-state index contributed by atoms with van der Waals surface area (Å²) in [4.78, 5) is 4.47. The van der Waals surface area contributed by atoms with E-state index in [1.807, 2.05) is 14.0 Å². The van der Waals surface area contributed by atoms with Crippen LogP contribution >= 0.6 is 24.0 Å². The Kier molecular flexibility index (Phi) is 14.6. The molecule has 0 aliphatic carbocycles. The highest BCUT2D eigenvalue weighted by atomic mass is 127. The van der Waals surface area contributed by atoms with Crippen molar-refractivity contribution < 1.29 is 14.6 Å². The summed E-state index contributed by atoms with van der Waals surface area (Å²) in [5.41, 5.74) is -0.325. The summed E-state index contributed by atoms with van der Waals surface area (Å²) in [5.74, 6) is 0.652. The van der Waals surface area contributed by atoms with Crippen LogP contribution in [0.1, 0.15) is 39.2 Å². The fraction of sp³-hybridized carbons (Fsp3) is 0.778. The Hall–Kier alpha value is -0.910. The molecule has 9 heteroatoms. The number of unbranched alkanes of at least 4 members (excludes halogenated alkanes) is 1. The van der Waals surface area contributed by atoms with E-state index in [0.29, 0.717) is 32.3 Å². The number of hydrogen-bond donors (Lipinski definition) is 3. The average molecular weight is 497 g/mol. The van der Waals surface area contributed by atoms with Gasteiger partial charge in [-0.15, -0.1) is 24.0 Å². The first-order valence-corrected chi connectivity index (χ1v) is 9.38. The third kappa shape index (κ3) is 11.5. The minimum absolute atomic E-state index is 0. The topological polar surface area (TPSA) is 92.9 Å². The van der Waals surface area contributed by atoms with E-state index in [1.165, 1.54) is 0 Å². The average Bonchev–Trinajstić information content (AvgIpc) is 3.05. The lowest BCUT2D eigenvalue weighted by Gasteiger charge is -2.20. The molecule has 158 valence electrons. The fourth-order valence-electron chi connectivity index (χ4n) is 2.18. The molecule has 1 aromatic rings. The maximum atomic E-state index is 10.6. The Morgan fingerprint density at radius 3 is 2.52 bits per heavy atom. The van der Waals surface area contributed by atoms with E-state index in [2.05, 4.69) is 27.6 Å². The second-order valence-electron chi connectivity index (χ2n) is 6.38. The van der Waals surface area contributed by atoms with Gasteiger partial charge in [0.25, 0.3) is 0 Å². The number of aliphatic hydroxyl groups is 1. The summed E-state index contributed by atoms with van der Waals surface area (Å²) in [7, 11) is 1.82. The number of aliphatic imine (C=N–C) groups is 1. The van der Waals surface area contributed by atoms with Crippen molar-refractivity contribution in [3.8, 4) is 0 Å². The van der Waals surface area contributed by atoms with Crippen LogP contribution in [-0.2, 0) is 22.1 Å². The SMILES string of the molecule is CCCCOCCOCCNC(=NCC(C)(O)c1cnn(C)c1)NCC.I. The molecule has 8 nitrogen and oxygen atoms in total. The van der Waals surface area contributed by atoms with E-state index in [-0.39, 0.29) is 30.5 Å². The van der Waals surface area contributed by atoms with Crippen molar-refractivity contribution in [2.24, 2.45) is 12.0 Å². The summed E-state index contributed by atoms with van der Waals surface area (Å²) in [5, 5.41) is 21.1. The summed E-state index contributed by atoms with van der Waals surface area (Å²) in [6.07, 6.45) is 5.69. The second kappa shape index (κ2) is 15.1. The largest absolute Gasteiger partial charge is 0.383 e.